The van der Waals surface area contributed by atoms with Gasteiger partial charge in [-0.25, -0.2) is 9.38 Å². The Bertz CT molecular complexity index is 906. The topological polar surface area (TPSA) is 48.5 Å². The Morgan fingerprint density at radius 2 is 2.14 bits per heavy atom. The van der Waals surface area contributed by atoms with Crippen molar-refractivity contribution in [3.63, 3.8) is 0 Å². The third-order valence-electron chi connectivity index (χ3n) is 3.99. The molecule has 3 rings (SSSR count). The average Bonchev–Trinajstić information content (AvgIpc) is 2.90. The summed E-state index contributed by atoms with van der Waals surface area (Å²) in [5, 5.41) is 0. The lowest BCUT2D eigenvalue weighted by molar-refractivity contribution is 0.236. The Morgan fingerprint density at radius 3 is 2.86 bits per heavy atom. The minimum absolute atomic E-state index is 0.0181. The SMILES string of the molecule is C=COCCn1c(C)c(CC)c(=O)n2c3ccccc3nc12. The highest BCUT2D eigenvalue weighted by molar-refractivity contribution is 5.79. The van der Waals surface area contributed by atoms with Crippen LogP contribution in [0.4, 0.5) is 0 Å². The third-order valence-corrected chi connectivity index (χ3v) is 3.99. The number of ether oxygens (including phenoxy) is 1. The van der Waals surface area contributed by atoms with E-state index in [1.165, 1.54) is 6.26 Å². The van der Waals surface area contributed by atoms with Crippen molar-refractivity contribution in [2.24, 2.45) is 0 Å². The summed E-state index contributed by atoms with van der Waals surface area (Å²) in [7, 11) is 0. The Morgan fingerprint density at radius 1 is 1.36 bits per heavy atom. The third kappa shape index (κ3) is 2.09. The van der Waals surface area contributed by atoms with Gasteiger partial charge >= 0.3 is 0 Å². The van der Waals surface area contributed by atoms with Gasteiger partial charge in [0.05, 0.1) is 23.8 Å². The zero-order valence-corrected chi connectivity index (χ0v) is 12.9. The highest BCUT2D eigenvalue weighted by atomic mass is 16.5. The molecule has 0 N–H and O–H groups in total. The van der Waals surface area contributed by atoms with Gasteiger partial charge in [-0.1, -0.05) is 25.6 Å². The lowest BCUT2D eigenvalue weighted by Crippen LogP contribution is -2.25. The van der Waals surface area contributed by atoms with Gasteiger partial charge in [0.15, 0.2) is 0 Å². The van der Waals surface area contributed by atoms with Crippen molar-refractivity contribution in [2.75, 3.05) is 6.61 Å². The molecule has 3 aromatic rings. The first-order valence-electron chi connectivity index (χ1n) is 7.41. The summed E-state index contributed by atoms with van der Waals surface area (Å²) in [4.78, 5) is 17.4. The van der Waals surface area contributed by atoms with Gasteiger partial charge in [0.25, 0.3) is 5.56 Å². The van der Waals surface area contributed by atoms with Crippen molar-refractivity contribution in [1.82, 2.24) is 14.0 Å². The Labute approximate surface area is 128 Å². The highest BCUT2D eigenvalue weighted by Gasteiger charge is 2.16. The van der Waals surface area contributed by atoms with Crippen molar-refractivity contribution < 1.29 is 4.74 Å². The van der Waals surface area contributed by atoms with Crippen LogP contribution < -0.4 is 5.56 Å². The van der Waals surface area contributed by atoms with Gasteiger partial charge in [0.1, 0.15) is 6.61 Å². The zero-order valence-electron chi connectivity index (χ0n) is 12.9. The van der Waals surface area contributed by atoms with E-state index < -0.39 is 0 Å². The Hall–Kier alpha value is -2.56. The summed E-state index contributed by atoms with van der Waals surface area (Å²) in [6.07, 6.45) is 2.12. The van der Waals surface area contributed by atoms with E-state index >= 15 is 0 Å². The van der Waals surface area contributed by atoms with Crippen molar-refractivity contribution >= 4 is 16.8 Å². The van der Waals surface area contributed by atoms with Crippen molar-refractivity contribution in [3.8, 4) is 0 Å². The average molecular weight is 297 g/mol. The molecule has 22 heavy (non-hydrogen) atoms. The second kappa shape index (κ2) is 5.67. The monoisotopic (exact) mass is 297 g/mol. The van der Waals surface area contributed by atoms with Crippen molar-refractivity contribution in [2.45, 2.75) is 26.8 Å². The fourth-order valence-corrected chi connectivity index (χ4v) is 2.90. The minimum Gasteiger partial charge on any atom is -0.500 e. The van der Waals surface area contributed by atoms with E-state index in [2.05, 4.69) is 11.6 Å². The number of nitrogens with zero attached hydrogens (tertiary/aromatic N) is 3. The molecular weight excluding hydrogens is 278 g/mol. The van der Waals surface area contributed by atoms with Crippen LogP contribution in [0, 0.1) is 6.92 Å². The van der Waals surface area contributed by atoms with E-state index in [-0.39, 0.29) is 5.56 Å². The maximum Gasteiger partial charge on any atom is 0.262 e. The standard InChI is InChI=1S/C17H19N3O2/c1-4-13-12(3)19(10-11-22-5-2)17-18-14-8-6-7-9-15(14)20(17)16(13)21/h5-9H,2,4,10-11H2,1,3H3. The molecule has 2 aromatic heterocycles. The van der Waals surface area contributed by atoms with Gasteiger partial charge < -0.3 is 9.30 Å². The van der Waals surface area contributed by atoms with E-state index in [4.69, 9.17) is 4.74 Å². The Kier molecular flexibility index (Phi) is 3.71. The molecule has 114 valence electrons. The van der Waals surface area contributed by atoms with Crippen molar-refractivity contribution in [1.29, 1.82) is 0 Å². The molecule has 1 aromatic carbocycles. The Balaban J connectivity index is 2.36. The molecule has 2 heterocycles. The van der Waals surface area contributed by atoms with Crippen LogP contribution in [-0.2, 0) is 17.7 Å². The van der Waals surface area contributed by atoms with Gasteiger partial charge in [0, 0.05) is 11.3 Å². The maximum atomic E-state index is 12.8. The van der Waals surface area contributed by atoms with Crippen LogP contribution in [0.3, 0.4) is 0 Å². The number of hydrogen-bond acceptors (Lipinski definition) is 3. The molecule has 0 saturated carbocycles. The lowest BCUT2D eigenvalue weighted by Gasteiger charge is -2.15. The normalized spacial score (nSPS) is 11.2. The van der Waals surface area contributed by atoms with Crippen LogP contribution in [-0.4, -0.2) is 20.6 Å². The number of para-hydroxylation sites is 2. The number of fused-ring (bicyclic) bond motifs is 3. The number of rotatable bonds is 5. The van der Waals surface area contributed by atoms with Gasteiger partial charge in [0.2, 0.25) is 5.78 Å². The summed E-state index contributed by atoms with van der Waals surface area (Å²) in [6.45, 7) is 8.64. The van der Waals surface area contributed by atoms with E-state index in [1.807, 2.05) is 42.7 Å². The maximum absolute atomic E-state index is 12.8. The molecular formula is C17H19N3O2. The molecule has 0 saturated heterocycles. The van der Waals surface area contributed by atoms with Crippen LogP contribution in [0.5, 0.6) is 0 Å². The molecule has 0 amide bonds. The molecule has 0 spiro atoms. The predicted molar refractivity (Wildman–Crippen MR) is 87.2 cm³/mol. The predicted octanol–water partition coefficient (Wildman–Crippen LogP) is 2.68. The van der Waals surface area contributed by atoms with Crippen LogP contribution in [0.25, 0.3) is 16.8 Å². The second-order valence-corrected chi connectivity index (χ2v) is 5.15. The van der Waals surface area contributed by atoms with Crippen molar-refractivity contribution in [3.05, 3.63) is 58.7 Å². The molecule has 0 atom stereocenters. The van der Waals surface area contributed by atoms with E-state index in [1.54, 1.807) is 4.40 Å². The smallest absolute Gasteiger partial charge is 0.262 e. The number of hydrogen-bond donors (Lipinski definition) is 0. The molecule has 0 aliphatic carbocycles. The molecule has 0 aliphatic heterocycles. The minimum atomic E-state index is 0.0181. The second-order valence-electron chi connectivity index (χ2n) is 5.15. The molecule has 0 fully saturated rings. The summed E-state index contributed by atoms with van der Waals surface area (Å²) >= 11 is 0. The van der Waals surface area contributed by atoms with E-state index in [0.29, 0.717) is 25.4 Å². The van der Waals surface area contributed by atoms with E-state index in [9.17, 15) is 4.79 Å². The van der Waals surface area contributed by atoms with Crippen LogP contribution >= 0.6 is 0 Å². The van der Waals surface area contributed by atoms with Crippen LogP contribution in [0.1, 0.15) is 18.2 Å². The highest BCUT2D eigenvalue weighted by Crippen LogP contribution is 2.17. The summed E-state index contributed by atoms with van der Waals surface area (Å²) < 4.78 is 9.00. The largest absolute Gasteiger partial charge is 0.500 e. The quantitative estimate of drug-likeness (QED) is 0.537. The van der Waals surface area contributed by atoms with Gasteiger partial charge in [-0.3, -0.25) is 4.79 Å². The number of imidazole rings is 1. The van der Waals surface area contributed by atoms with Crippen LogP contribution in [0.2, 0.25) is 0 Å². The van der Waals surface area contributed by atoms with Gasteiger partial charge in [-0.2, -0.15) is 0 Å². The molecule has 5 nitrogen and oxygen atoms in total. The number of benzene rings is 1. The molecule has 0 unspecified atom stereocenters. The first-order chi connectivity index (χ1) is 10.7. The molecule has 0 aliphatic rings. The first-order valence-corrected chi connectivity index (χ1v) is 7.41. The van der Waals surface area contributed by atoms with Crippen LogP contribution in [0.15, 0.2) is 41.9 Å². The molecule has 0 radical (unpaired) electrons. The van der Waals surface area contributed by atoms with Gasteiger partial charge in [-0.15, -0.1) is 0 Å². The zero-order chi connectivity index (χ0) is 15.7. The fourth-order valence-electron chi connectivity index (χ4n) is 2.90. The number of aromatic nitrogens is 3. The molecule has 5 heteroatoms. The summed E-state index contributed by atoms with van der Waals surface area (Å²) in [5.41, 5.74) is 3.45. The summed E-state index contributed by atoms with van der Waals surface area (Å²) in [6, 6.07) is 7.70. The van der Waals surface area contributed by atoms with E-state index in [0.717, 1.165) is 22.3 Å². The lowest BCUT2D eigenvalue weighted by atomic mass is 10.2. The van der Waals surface area contributed by atoms with Gasteiger partial charge in [-0.05, 0) is 25.5 Å². The summed E-state index contributed by atoms with van der Waals surface area (Å²) in [5.74, 6) is 0.661. The molecule has 0 bridgehead atoms. The fraction of sp³-hybridized carbons (Fsp3) is 0.294. The first kappa shape index (κ1) is 14.4.